The minimum absolute atomic E-state index is 0.304. The lowest BCUT2D eigenvalue weighted by Crippen LogP contribution is -2.05. The smallest absolute Gasteiger partial charge is 0.340 e. The lowest BCUT2D eigenvalue weighted by Gasteiger charge is -2.10. The van der Waals surface area contributed by atoms with E-state index < -0.39 is 11.7 Å². The van der Waals surface area contributed by atoms with E-state index in [2.05, 4.69) is 32.7 Å². The maximum absolute atomic E-state index is 12.6. The number of anilines is 2. The summed E-state index contributed by atoms with van der Waals surface area (Å²) in [6, 6.07) is 8.10. The zero-order valence-corrected chi connectivity index (χ0v) is 10.8. The van der Waals surface area contributed by atoms with Crippen LogP contribution in [0.15, 0.2) is 47.6 Å². The molecule has 0 radical (unpaired) electrons. The van der Waals surface area contributed by atoms with Crippen LogP contribution in [0.25, 0.3) is 0 Å². The number of rotatable bonds is 3. The predicted molar refractivity (Wildman–Crippen MR) is 73.6 cm³/mol. The van der Waals surface area contributed by atoms with Gasteiger partial charge in [0.2, 0.25) is 0 Å². The Morgan fingerprint density at radius 3 is 2.60 bits per heavy atom. The van der Waals surface area contributed by atoms with E-state index in [4.69, 9.17) is 0 Å². The average molecular weight is 295 g/mol. The van der Waals surface area contributed by atoms with Crippen LogP contribution in [0.2, 0.25) is 0 Å². The van der Waals surface area contributed by atoms with Gasteiger partial charge in [-0.25, -0.2) is 4.98 Å². The van der Waals surface area contributed by atoms with E-state index in [0.717, 1.165) is 12.1 Å². The van der Waals surface area contributed by atoms with Gasteiger partial charge in [-0.15, -0.1) is 0 Å². The minimum Gasteiger partial charge on any atom is -0.340 e. The molecule has 0 saturated heterocycles. The van der Waals surface area contributed by atoms with E-state index in [1.165, 1.54) is 18.3 Å². The Morgan fingerprint density at radius 2 is 2.00 bits per heavy atom. The van der Waals surface area contributed by atoms with Gasteiger partial charge in [0.15, 0.2) is 0 Å². The third-order valence-corrected chi connectivity index (χ3v) is 2.48. The molecule has 0 spiro atoms. The Hall–Kier alpha value is -2.24. The molecule has 0 aliphatic heterocycles. The van der Waals surface area contributed by atoms with Crippen molar-refractivity contribution in [3.8, 4) is 0 Å². The Bertz CT molecular complexity index is 647. The van der Waals surface area contributed by atoms with Gasteiger partial charge >= 0.3 is 6.18 Å². The number of isothiocyanates is 1. The molecule has 1 aromatic heterocycles. The molecule has 0 fully saturated rings. The number of benzene rings is 1. The van der Waals surface area contributed by atoms with Crippen molar-refractivity contribution in [3.05, 3.63) is 48.2 Å². The largest absolute Gasteiger partial charge is 0.416 e. The fraction of sp³-hybridized carbons (Fsp3) is 0.0769. The first-order chi connectivity index (χ1) is 9.49. The maximum atomic E-state index is 12.6. The van der Waals surface area contributed by atoms with Crippen LogP contribution in [0.4, 0.5) is 30.4 Å². The molecule has 0 unspecified atom stereocenters. The summed E-state index contributed by atoms with van der Waals surface area (Å²) < 4.78 is 37.7. The lowest BCUT2D eigenvalue weighted by atomic mass is 10.2. The van der Waals surface area contributed by atoms with Crippen LogP contribution in [0.3, 0.4) is 0 Å². The third-order valence-electron chi connectivity index (χ3n) is 2.38. The number of aromatic nitrogens is 1. The second-order valence-electron chi connectivity index (χ2n) is 3.81. The topological polar surface area (TPSA) is 37.3 Å². The first-order valence-electron chi connectivity index (χ1n) is 5.47. The molecule has 0 atom stereocenters. The summed E-state index contributed by atoms with van der Waals surface area (Å²) in [6.07, 6.45) is -2.93. The van der Waals surface area contributed by atoms with Gasteiger partial charge in [-0.1, -0.05) is 6.07 Å². The van der Waals surface area contributed by atoms with Gasteiger partial charge in [-0.05, 0) is 42.5 Å². The molecule has 1 aromatic carbocycles. The molecule has 3 nitrogen and oxygen atoms in total. The molecule has 0 aliphatic carbocycles. The number of nitrogens with one attached hydrogen (secondary N) is 1. The van der Waals surface area contributed by atoms with Gasteiger partial charge in [0, 0.05) is 5.69 Å². The average Bonchev–Trinajstić information content (AvgIpc) is 2.41. The molecule has 2 rings (SSSR count). The lowest BCUT2D eigenvalue weighted by molar-refractivity contribution is -0.137. The Morgan fingerprint density at radius 1 is 1.20 bits per heavy atom. The highest BCUT2D eigenvalue weighted by Gasteiger charge is 2.30. The summed E-state index contributed by atoms with van der Waals surface area (Å²) in [5, 5.41) is 4.99. The molecule has 7 heteroatoms. The first kappa shape index (κ1) is 14.2. The fourth-order valence-corrected chi connectivity index (χ4v) is 1.61. The standard InChI is InChI=1S/C13H8F3N3S/c14-13(15,16)9-2-1-3-10(6-9)19-12-5-4-11(7-17-12)18-8-20/h1-7H,(H,17,19). The van der Waals surface area contributed by atoms with Gasteiger partial charge in [0.1, 0.15) is 5.82 Å². The minimum atomic E-state index is -4.37. The third kappa shape index (κ3) is 3.63. The van der Waals surface area contributed by atoms with Crippen molar-refractivity contribution in [2.24, 2.45) is 4.99 Å². The van der Waals surface area contributed by atoms with E-state index in [1.807, 2.05) is 0 Å². The molecule has 20 heavy (non-hydrogen) atoms. The van der Waals surface area contributed by atoms with Crippen molar-refractivity contribution in [1.82, 2.24) is 4.98 Å². The number of halogens is 3. The van der Waals surface area contributed by atoms with Crippen LogP contribution in [-0.2, 0) is 6.18 Å². The van der Waals surface area contributed by atoms with Crippen LogP contribution in [0, 0.1) is 0 Å². The van der Waals surface area contributed by atoms with Crippen molar-refractivity contribution in [2.45, 2.75) is 6.18 Å². The molecular weight excluding hydrogens is 287 g/mol. The summed E-state index contributed by atoms with van der Waals surface area (Å²) in [6.45, 7) is 0. The number of hydrogen-bond donors (Lipinski definition) is 1. The second kappa shape index (κ2) is 5.81. The Balaban J connectivity index is 2.19. The number of alkyl halides is 3. The van der Waals surface area contributed by atoms with Crippen LogP contribution in [0.1, 0.15) is 5.56 Å². The highest BCUT2D eigenvalue weighted by atomic mass is 32.1. The van der Waals surface area contributed by atoms with Crippen LogP contribution >= 0.6 is 12.2 Å². The molecule has 1 N–H and O–H groups in total. The number of hydrogen-bond acceptors (Lipinski definition) is 4. The molecule has 1 heterocycles. The molecule has 0 saturated carbocycles. The zero-order chi connectivity index (χ0) is 14.6. The van der Waals surface area contributed by atoms with E-state index >= 15 is 0 Å². The van der Waals surface area contributed by atoms with Gasteiger partial charge in [-0.3, -0.25) is 0 Å². The summed E-state index contributed by atoms with van der Waals surface area (Å²) in [4.78, 5) is 7.74. The number of thiocarbonyl (C=S) groups is 1. The molecular formula is C13H8F3N3S. The quantitative estimate of drug-likeness (QED) is 0.665. The summed E-state index contributed by atoms with van der Waals surface area (Å²) >= 11 is 4.45. The SMILES string of the molecule is FC(F)(F)c1cccc(Nc2ccc(N=C=S)cn2)c1. The number of pyridine rings is 1. The van der Waals surface area contributed by atoms with Crippen molar-refractivity contribution in [2.75, 3.05) is 5.32 Å². The molecule has 2 aromatic rings. The Labute approximate surface area is 118 Å². The van der Waals surface area contributed by atoms with Crippen molar-refractivity contribution < 1.29 is 13.2 Å². The monoisotopic (exact) mass is 295 g/mol. The van der Waals surface area contributed by atoms with Crippen LogP contribution in [-0.4, -0.2) is 10.1 Å². The van der Waals surface area contributed by atoms with E-state index in [-0.39, 0.29) is 0 Å². The normalized spacial score (nSPS) is 10.8. The van der Waals surface area contributed by atoms with E-state index in [9.17, 15) is 13.2 Å². The number of aliphatic imine (C=N–C) groups is 1. The van der Waals surface area contributed by atoms with Crippen LogP contribution < -0.4 is 5.32 Å². The molecule has 0 amide bonds. The second-order valence-corrected chi connectivity index (χ2v) is 3.99. The highest BCUT2D eigenvalue weighted by Crippen LogP contribution is 2.31. The van der Waals surface area contributed by atoms with Crippen molar-refractivity contribution in [3.63, 3.8) is 0 Å². The summed E-state index contributed by atoms with van der Waals surface area (Å²) in [7, 11) is 0. The van der Waals surface area contributed by atoms with Gasteiger partial charge in [0.05, 0.1) is 22.6 Å². The number of nitrogens with zero attached hydrogens (tertiary/aromatic N) is 2. The maximum Gasteiger partial charge on any atom is 0.416 e. The Kier molecular flexibility index (Phi) is 4.12. The highest BCUT2D eigenvalue weighted by molar-refractivity contribution is 7.78. The molecule has 0 bridgehead atoms. The van der Waals surface area contributed by atoms with E-state index in [0.29, 0.717) is 17.2 Å². The molecule has 0 aliphatic rings. The van der Waals surface area contributed by atoms with Crippen LogP contribution in [0.5, 0.6) is 0 Å². The molecule has 102 valence electrons. The summed E-state index contributed by atoms with van der Waals surface area (Å²) in [5.41, 5.74) is 0.109. The zero-order valence-electron chi connectivity index (χ0n) is 9.98. The predicted octanol–water partition coefficient (Wildman–Crippen LogP) is 4.58. The van der Waals surface area contributed by atoms with Gasteiger partial charge < -0.3 is 5.32 Å². The summed E-state index contributed by atoms with van der Waals surface area (Å²) in [5.74, 6) is 0.410. The van der Waals surface area contributed by atoms with E-state index in [1.54, 1.807) is 12.1 Å². The van der Waals surface area contributed by atoms with Crippen molar-refractivity contribution >= 4 is 34.6 Å². The van der Waals surface area contributed by atoms with Crippen molar-refractivity contribution in [1.29, 1.82) is 0 Å². The first-order valence-corrected chi connectivity index (χ1v) is 5.88. The van der Waals surface area contributed by atoms with Gasteiger partial charge in [0.25, 0.3) is 0 Å². The van der Waals surface area contributed by atoms with Gasteiger partial charge in [-0.2, -0.15) is 18.2 Å². The fourth-order valence-electron chi connectivity index (χ4n) is 1.50.